The molecule has 2 unspecified atom stereocenters. The predicted molar refractivity (Wildman–Crippen MR) is 68.8 cm³/mol. The molecule has 0 aliphatic rings. The van der Waals surface area contributed by atoms with E-state index in [-0.39, 0.29) is 11.9 Å². The summed E-state index contributed by atoms with van der Waals surface area (Å²) in [6.45, 7) is 4.02. The highest BCUT2D eigenvalue weighted by Crippen LogP contribution is 2.11. The summed E-state index contributed by atoms with van der Waals surface area (Å²) in [7, 11) is 3.56. The average molecular weight is 240 g/mol. The van der Waals surface area contributed by atoms with Gasteiger partial charge in [-0.15, -0.1) is 11.3 Å². The Bertz CT molecular complexity index is 322. The molecule has 0 spiro atoms. The van der Waals surface area contributed by atoms with E-state index in [2.05, 4.69) is 29.8 Å². The highest BCUT2D eigenvalue weighted by molar-refractivity contribution is 7.09. The van der Waals surface area contributed by atoms with Crippen LogP contribution in [0.5, 0.6) is 0 Å². The number of nitrogens with zero attached hydrogens (tertiary/aromatic N) is 1. The van der Waals surface area contributed by atoms with Gasteiger partial charge in [-0.05, 0) is 31.7 Å². The quantitative estimate of drug-likeness (QED) is 0.850. The Morgan fingerprint density at radius 1 is 1.50 bits per heavy atom. The van der Waals surface area contributed by atoms with Crippen LogP contribution in [0, 0.1) is 0 Å². The number of nitrogens with one attached hydrogen (secondary N) is 1. The Morgan fingerprint density at radius 2 is 2.19 bits per heavy atom. The van der Waals surface area contributed by atoms with Gasteiger partial charge in [0.25, 0.3) is 0 Å². The van der Waals surface area contributed by atoms with Crippen LogP contribution in [-0.2, 0) is 11.2 Å². The first-order valence-corrected chi connectivity index (χ1v) is 6.38. The molecular weight excluding hydrogens is 220 g/mol. The minimum absolute atomic E-state index is 0.120. The third kappa shape index (κ3) is 3.94. The Labute approximate surface area is 101 Å². The lowest BCUT2D eigenvalue weighted by molar-refractivity contribution is -0.130. The monoisotopic (exact) mass is 240 g/mol. The van der Waals surface area contributed by atoms with Crippen molar-refractivity contribution in [2.24, 2.45) is 0 Å². The molecule has 1 aromatic rings. The predicted octanol–water partition coefficient (Wildman–Crippen LogP) is 1.75. The molecule has 3 nitrogen and oxygen atoms in total. The molecule has 0 bridgehead atoms. The van der Waals surface area contributed by atoms with Crippen molar-refractivity contribution in [2.75, 3.05) is 14.1 Å². The molecule has 1 heterocycles. The summed E-state index contributed by atoms with van der Waals surface area (Å²) in [6.07, 6.45) is 0.975. The number of rotatable bonds is 5. The highest BCUT2D eigenvalue weighted by Gasteiger charge is 2.16. The third-order valence-corrected chi connectivity index (χ3v) is 3.33. The SMILES string of the molecule is CC(Cc1cccs1)NC(C)C(=O)N(C)C. The lowest BCUT2D eigenvalue weighted by Gasteiger charge is -2.21. The Kier molecular flexibility index (Phi) is 4.96. The van der Waals surface area contributed by atoms with Crippen molar-refractivity contribution in [3.63, 3.8) is 0 Å². The first-order chi connectivity index (χ1) is 7.50. The molecule has 1 aromatic heterocycles. The summed E-state index contributed by atoms with van der Waals surface area (Å²) < 4.78 is 0. The molecule has 0 fully saturated rings. The number of thiophene rings is 1. The minimum Gasteiger partial charge on any atom is -0.347 e. The van der Waals surface area contributed by atoms with Crippen LogP contribution in [0.15, 0.2) is 17.5 Å². The van der Waals surface area contributed by atoms with Gasteiger partial charge in [-0.25, -0.2) is 0 Å². The zero-order valence-electron chi connectivity index (χ0n) is 10.4. The molecule has 4 heteroatoms. The fourth-order valence-corrected chi connectivity index (χ4v) is 2.51. The molecule has 0 aromatic carbocycles. The maximum absolute atomic E-state index is 11.6. The fourth-order valence-electron chi connectivity index (χ4n) is 1.67. The number of hydrogen-bond donors (Lipinski definition) is 1. The molecule has 0 aliphatic heterocycles. The van der Waals surface area contributed by atoms with Gasteiger partial charge >= 0.3 is 0 Å². The molecule has 16 heavy (non-hydrogen) atoms. The van der Waals surface area contributed by atoms with Crippen LogP contribution < -0.4 is 5.32 Å². The van der Waals surface area contributed by atoms with E-state index in [1.807, 2.05) is 6.92 Å². The van der Waals surface area contributed by atoms with Gasteiger partial charge < -0.3 is 10.2 Å². The van der Waals surface area contributed by atoms with Crippen LogP contribution in [0.2, 0.25) is 0 Å². The number of carbonyl (C=O) groups is 1. The lowest BCUT2D eigenvalue weighted by atomic mass is 10.1. The molecular formula is C12H20N2OS. The fraction of sp³-hybridized carbons (Fsp3) is 0.583. The maximum atomic E-state index is 11.6. The number of amides is 1. The van der Waals surface area contributed by atoms with Crippen LogP contribution in [0.4, 0.5) is 0 Å². The Morgan fingerprint density at radius 3 is 2.69 bits per heavy atom. The molecule has 0 saturated heterocycles. The van der Waals surface area contributed by atoms with Gasteiger partial charge in [0.1, 0.15) is 0 Å². The highest BCUT2D eigenvalue weighted by atomic mass is 32.1. The maximum Gasteiger partial charge on any atom is 0.238 e. The molecule has 1 rings (SSSR count). The van der Waals surface area contributed by atoms with Gasteiger partial charge in [-0.3, -0.25) is 4.79 Å². The standard InChI is InChI=1S/C12H20N2OS/c1-9(8-11-6-5-7-16-11)13-10(2)12(15)14(3)4/h5-7,9-10,13H,8H2,1-4H3. The zero-order valence-corrected chi connectivity index (χ0v) is 11.2. The van der Waals surface area contributed by atoms with Gasteiger partial charge in [-0.2, -0.15) is 0 Å². The van der Waals surface area contributed by atoms with Crippen molar-refractivity contribution in [1.29, 1.82) is 0 Å². The molecule has 2 atom stereocenters. The first kappa shape index (κ1) is 13.2. The van der Waals surface area contributed by atoms with Crippen molar-refractivity contribution in [3.05, 3.63) is 22.4 Å². The van der Waals surface area contributed by atoms with Crippen LogP contribution in [0.25, 0.3) is 0 Å². The van der Waals surface area contributed by atoms with Crippen molar-refractivity contribution < 1.29 is 4.79 Å². The van der Waals surface area contributed by atoms with E-state index >= 15 is 0 Å². The van der Waals surface area contributed by atoms with Gasteiger partial charge in [0, 0.05) is 25.0 Å². The van der Waals surface area contributed by atoms with E-state index in [4.69, 9.17) is 0 Å². The van der Waals surface area contributed by atoms with E-state index in [0.717, 1.165) is 6.42 Å². The van der Waals surface area contributed by atoms with Crippen molar-refractivity contribution in [2.45, 2.75) is 32.4 Å². The molecule has 1 amide bonds. The van der Waals surface area contributed by atoms with Crippen molar-refractivity contribution >= 4 is 17.2 Å². The van der Waals surface area contributed by atoms with Gasteiger partial charge in [0.15, 0.2) is 0 Å². The summed E-state index contributed by atoms with van der Waals surface area (Å²) in [4.78, 5) is 14.6. The average Bonchev–Trinajstić information content (AvgIpc) is 2.68. The second-order valence-corrected chi connectivity index (χ2v) is 5.34. The van der Waals surface area contributed by atoms with Crippen molar-refractivity contribution in [3.8, 4) is 0 Å². The zero-order chi connectivity index (χ0) is 12.1. The Hall–Kier alpha value is -0.870. The molecule has 1 N–H and O–H groups in total. The first-order valence-electron chi connectivity index (χ1n) is 5.50. The molecule has 90 valence electrons. The van der Waals surface area contributed by atoms with Gasteiger partial charge in [-0.1, -0.05) is 6.07 Å². The van der Waals surface area contributed by atoms with Gasteiger partial charge in [0.2, 0.25) is 5.91 Å². The van der Waals surface area contributed by atoms with E-state index < -0.39 is 0 Å². The summed E-state index contributed by atoms with van der Waals surface area (Å²) in [6, 6.07) is 4.38. The summed E-state index contributed by atoms with van der Waals surface area (Å²) >= 11 is 1.76. The van der Waals surface area contributed by atoms with E-state index in [9.17, 15) is 4.79 Å². The molecule has 0 aliphatic carbocycles. The number of carbonyl (C=O) groups excluding carboxylic acids is 1. The smallest absolute Gasteiger partial charge is 0.238 e. The Balaban J connectivity index is 2.39. The molecule has 0 radical (unpaired) electrons. The minimum atomic E-state index is -0.120. The van der Waals surface area contributed by atoms with Gasteiger partial charge in [0.05, 0.1) is 6.04 Å². The second kappa shape index (κ2) is 6.01. The largest absolute Gasteiger partial charge is 0.347 e. The second-order valence-electron chi connectivity index (χ2n) is 4.31. The van der Waals surface area contributed by atoms with Crippen molar-refractivity contribution in [1.82, 2.24) is 10.2 Å². The summed E-state index contributed by atoms with van der Waals surface area (Å²) in [5.41, 5.74) is 0. The summed E-state index contributed by atoms with van der Waals surface area (Å²) in [5, 5.41) is 5.39. The van der Waals surface area contributed by atoms with E-state index in [1.54, 1.807) is 30.3 Å². The number of hydrogen-bond acceptors (Lipinski definition) is 3. The third-order valence-electron chi connectivity index (χ3n) is 2.43. The summed E-state index contributed by atoms with van der Waals surface area (Å²) in [5.74, 6) is 0.123. The van der Waals surface area contributed by atoms with Crippen LogP contribution in [-0.4, -0.2) is 37.0 Å². The topological polar surface area (TPSA) is 32.3 Å². The lowest BCUT2D eigenvalue weighted by Crippen LogP contribution is -2.45. The normalized spacial score (nSPS) is 14.5. The van der Waals surface area contributed by atoms with E-state index in [1.165, 1.54) is 4.88 Å². The number of likely N-dealkylation sites (N-methyl/N-ethyl adjacent to an activating group) is 1. The van der Waals surface area contributed by atoms with Crippen LogP contribution in [0.3, 0.4) is 0 Å². The molecule has 0 saturated carbocycles. The van der Waals surface area contributed by atoms with Crippen LogP contribution >= 0.6 is 11.3 Å². The van der Waals surface area contributed by atoms with Crippen LogP contribution in [0.1, 0.15) is 18.7 Å². The van der Waals surface area contributed by atoms with E-state index in [0.29, 0.717) is 6.04 Å².